The second kappa shape index (κ2) is 6.75. The molecule has 0 aliphatic heterocycles. The Labute approximate surface area is 125 Å². The molecule has 2 aromatic rings. The van der Waals surface area contributed by atoms with E-state index in [1.54, 1.807) is 35.6 Å². The van der Waals surface area contributed by atoms with Crippen molar-refractivity contribution in [2.45, 2.75) is 6.54 Å². The number of thiophene rings is 1. The topological polar surface area (TPSA) is 29.1 Å². The zero-order chi connectivity index (χ0) is 13.7. The number of amides is 1. The lowest BCUT2D eigenvalue weighted by Crippen LogP contribution is -2.20. The molecule has 1 aromatic heterocycles. The first-order chi connectivity index (χ1) is 9.15. The highest BCUT2D eigenvalue weighted by atomic mass is 35.5. The number of benzene rings is 1. The Morgan fingerprint density at radius 3 is 2.84 bits per heavy atom. The molecular formula is C14H11Cl2NOS. The summed E-state index contributed by atoms with van der Waals surface area (Å²) >= 11 is 13.4. The monoisotopic (exact) mass is 311 g/mol. The van der Waals surface area contributed by atoms with Crippen molar-refractivity contribution >= 4 is 46.5 Å². The zero-order valence-corrected chi connectivity index (χ0v) is 12.2. The Kier molecular flexibility index (Phi) is 5.02. The van der Waals surface area contributed by atoms with E-state index in [1.807, 2.05) is 17.5 Å². The Morgan fingerprint density at radius 2 is 2.16 bits per heavy atom. The van der Waals surface area contributed by atoms with Crippen LogP contribution in [0.2, 0.25) is 10.0 Å². The number of hydrogen-bond acceptors (Lipinski definition) is 2. The van der Waals surface area contributed by atoms with E-state index in [0.29, 0.717) is 16.6 Å². The zero-order valence-electron chi connectivity index (χ0n) is 9.90. The van der Waals surface area contributed by atoms with Gasteiger partial charge in [-0.15, -0.1) is 11.3 Å². The van der Waals surface area contributed by atoms with Crippen molar-refractivity contribution in [2.24, 2.45) is 0 Å². The summed E-state index contributed by atoms with van der Waals surface area (Å²) in [5.41, 5.74) is 0.837. The first-order valence-electron chi connectivity index (χ1n) is 5.58. The van der Waals surface area contributed by atoms with Gasteiger partial charge >= 0.3 is 0 Å². The van der Waals surface area contributed by atoms with E-state index in [0.717, 1.165) is 10.4 Å². The minimum Gasteiger partial charge on any atom is -0.348 e. The van der Waals surface area contributed by atoms with Crippen LogP contribution in [0.1, 0.15) is 10.4 Å². The number of halogens is 2. The average Bonchev–Trinajstić information content (AvgIpc) is 2.88. The second-order valence-corrected chi connectivity index (χ2v) is 5.63. The second-order valence-electron chi connectivity index (χ2n) is 3.80. The van der Waals surface area contributed by atoms with Gasteiger partial charge < -0.3 is 5.32 Å². The van der Waals surface area contributed by atoms with Crippen molar-refractivity contribution < 1.29 is 4.79 Å². The van der Waals surface area contributed by atoms with Gasteiger partial charge in [-0.25, -0.2) is 0 Å². The van der Waals surface area contributed by atoms with Gasteiger partial charge in [-0.05, 0) is 35.2 Å². The molecule has 1 amide bonds. The summed E-state index contributed by atoms with van der Waals surface area (Å²) in [7, 11) is 0. The van der Waals surface area contributed by atoms with Gasteiger partial charge in [0.25, 0.3) is 0 Å². The maximum atomic E-state index is 11.6. The largest absolute Gasteiger partial charge is 0.348 e. The van der Waals surface area contributed by atoms with Gasteiger partial charge in [-0.2, -0.15) is 0 Å². The summed E-state index contributed by atoms with van der Waals surface area (Å²) in [6.45, 7) is 0.379. The molecule has 2 nitrogen and oxygen atoms in total. The molecule has 0 spiro atoms. The number of hydrogen-bond donors (Lipinski definition) is 1. The smallest absolute Gasteiger partial charge is 0.244 e. The Hall–Kier alpha value is -1.29. The molecule has 2 rings (SSSR count). The van der Waals surface area contributed by atoms with Crippen LogP contribution in [0.4, 0.5) is 0 Å². The van der Waals surface area contributed by atoms with Gasteiger partial charge in [0.05, 0.1) is 0 Å². The van der Waals surface area contributed by atoms with Crippen molar-refractivity contribution in [1.29, 1.82) is 0 Å². The Bertz CT molecular complexity index is 593. The fourth-order valence-electron chi connectivity index (χ4n) is 1.45. The molecule has 0 aliphatic carbocycles. The number of carbonyl (C=O) groups excluding carboxylic acids is 1. The SMILES string of the molecule is O=C(/C=C/c1cccs1)NCc1ccc(Cl)cc1Cl. The fraction of sp³-hybridized carbons (Fsp3) is 0.0714. The van der Waals surface area contributed by atoms with Crippen LogP contribution in [0.15, 0.2) is 41.8 Å². The summed E-state index contributed by atoms with van der Waals surface area (Å²) in [5.74, 6) is -0.153. The molecule has 0 saturated carbocycles. The lowest BCUT2D eigenvalue weighted by Gasteiger charge is -2.05. The average molecular weight is 312 g/mol. The third-order valence-corrected chi connectivity index (χ3v) is 3.83. The van der Waals surface area contributed by atoms with E-state index in [9.17, 15) is 4.79 Å². The Balaban J connectivity index is 1.90. The molecule has 19 heavy (non-hydrogen) atoms. The summed E-state index contributed by atoms with van der Waals surface area (Å²) in [6, 6.07) is 9.09. The maximum absolute atomic E-state index is 11.6. The van der Waals surface area contributed by atoms with E-state index in [2.05, 4.69) is 5.32 Å². The highest BCUT2D eigenvalue weighted by molar-refractivity contribution is 7.10. The molecule has 5 heteroatoms. The molecule has 0 bridgehead atoms. The molecule has 1 aromatic carbocycles. The quantitative estimate of drug-likeness (QED) is 0.834. The van der Waals surface area contributed by atoms with Crippen LogP contribution >= 0.6 is 34.5 Å². The van der Waals surface area contributed by atoms with Crippen LogP contribution in [-0.2, 0) is 11.3 Å². The van der Waals surface area contributed by atoms with Gasteiger partial charge in [0.2, 0.25) is 5.91 Å². The summed E-state index contributed by atoms with van der Waals surface area (Å²) in [4.78, 5) is 12.7. The standard InChI is InChI=1S/C14H11Cl2NOS/c15-11-4-3-10(13(16)8-11)9-17-14(18)6-5-12-2-1-7-19-12/h1-8H,9H2,(H,17,18)/b6-5+. The van der Waals surface area contributed by atoms with E-state index in [-0.39, 0.29) is 5.91 Å². The first-order valence-corrected chi connectivity index (χ1v) is 7.22. The normalized spacial score (nSPS) is 10.8. The number of rotatable bonds is 4. The molecule has 0 radical (unpaired) electrons. The van der Waals surface area contributed by atoms with Crippen molar-refractivity contribution in [3.63, 3.8) is 0 Å². The molecule has 0 fully saturated rings. The van der Waals surface area contributed by atoms with Gasteiger partial charge in [0.15, 0.2) is 0 Å². The molecule has 0 atom stereocenters. The van der Waals surface area contributed by atoms with E-state index < -0.39 is 0 Å². The van der Waals surface area contributed by atoms with Crippen LogP contribution in [0, 0.1) is 0 Å². The van der Waals surface area contributed by atoms with Gasteiger partial charge in [-0.3, -0.25) is 4.79 Å². The predicted octanol–water partition coefficient (Wildman–Crippen LogP) is 4.38. The number of nitrogens with one attached hydrogen (secondary N) is 1. The summed E-state index contributed by atoms with van der Waals surface area (Å²) < 4.78 is 0. The molecule has 0 aliphatic rings. The van der Waals surface area contributed by atoms with Crippen molar-refractivity contribution in [3.05, 3.63) is 62.3 Å². The van der Waals surface area contributed by atoms with Crippen molar-refractivity contribution in [1.82, 2.24) is 5.32 Å². The highest BCUT2D eigenvalue weighted by Gasteiger charge is 2.02. The van der Waals surface area contributed by atoms with E-state index in [1.165, 1.54) is 6.08 Å². The van der Waals surface area contributed by atoms with Gasteiger partial charge in [0, 0.05) is 27.5 Å². The van der Waals surface area contributed by atoms with Crippen LogP contribution in [0.25, 0.3) is 6.08 Å². The van der Waals surface area contributed by atoms with Crippen LogP contribution in [-0.4, -0.2) is 5.91 Å². The molecule has 98 valence electrons. The van der Waals surface area contributed by atoms with Gasteiger partial charge in [-0.1, -0.05) is 35.3 Å². The Morgan fingerprint density at radius 1 is 1.32 bits per heavy atom. The van der Waals surface area contributed by atoms with E-state index >= 15 is 0 Å². The highest BCUT2D eigenvalue weighted by Crippen LogP contribution is 2.20. The number of carbonyl (C=O) groups is 1. The minimum absolute atomic E-state index is 0.153. The molecule has 0 unspecified atom stereocenters. The minimum atomic E-state index is -0.153. The van der Waals surface area contributed by atoms with Crippen molar-refractivity contribution in [2.75, 3.05) is 0 Å². The molecule has 1 N–H and O–H groups in total. The lowest BCUT2D eigenvalue weighted by atomic mass is 10.2. The van der Waals surface area contributed by atoms with Gasteiger partial charge in [0.1, 0.15) is 0 Å². The third kappa shape index (κ3) is 4.39. The van der Waals surface area contributed by atoms with E-state index in [4.69, 9.17) is 23.2 Å². The maximum Gasteiger partial charge on any atom is 0.244 e. The van der Waals surface area contributed by atoms with Crippen LogP contribution in [0.5, 0.6) is 0 Å². The predicted molar refractivity (Wildman–Crippen MR) is 81.7 cm³/mol. The summed E-state index contributed by atoms with van der Waals surface area (Å²) in [5, 5.41) is 5.87. The molecular weight excluding hydrogens is 301 g/mol. The van der Waals surface area contributed by atoms with Crippen LogP contribution in [0.3, 0.4) is 0 Å². The molecule has 1 heterocycles. The van der Waals surface area contributed by atoms with Crippen molar-refractivity contribution in [3.8, 4) is 0 Å². The van der Waals surface area contributed by atoms with Crippen LogP contribution < -0.4 is 5.32 Å². The first kappa shape index (κ1) is 14.1. The third-order valence-electron chi connectivity index (χ3n) is 2.41. The molecule has 0 saturated heterocycles. The summed E-state index contributed by atoms with van der Waals surface area (Å²) in [6.07, 6.45) is 3.29. The lowest BCUT2D eigenvalue weighted by molar-refractivity contribution is -0.116. The fourth-order valence-corrected chi connectivity index (χ4v) is 2.54.